The monoisotopic (exact) mass is 505 g/mol. The Morgan fingerprint density at radius 2 is 1.56 bits per heavy atom. The molecule has 1 amide bonds. The van der Waals surface area contributed by atoms with E-state index in [1.165, 1.54) is 9.87 Å². The number of anilines is 1. The first-order chi connectivity index (χ1) is 17.0. The Labute approximate surface area is 215 Å². The zero-order chi connectivity index (χ0) is 26.3. The zero-order valence-electron chi connectivity index (χ0n) is 21.7. The molecule has 0 aliphatic heterocycles. The summed E-state index contributed by atoms with van der Waals surface area (Å²) in [5, 5.41) is 4.29. The summed E-state index contributed by atoms with van der Waals surface area (Å²) in [5.41, 5.74) is 6.61. The van der Waals surface area contributed by atoms with E-state index in [0.717, 1.165) is 16.8 Å². The van der Waals surface area contributed by atoms with Crippen molar-refractivity contribution in [3.05, 3.63) is 95.6 Å². The van der Waals surface area contributed by atoms with Crippen LogP contribution in [-0.4, -0.2) is 26.6 Å². The number of hydrogen-bond acceptors (Lipinski definition) is 4. The molecule has 3 aromatic carbocycles. The van der Waals surface area contributed by atoms with Crippen LogP contribution in [0.2, 0.25) is 0 Å². The number of sulfonamides is 1. The molecule has 0 aliphatic carbocycles. The van der Waals surface area contributed by atoms with Crippen molar-refractivity contribution in [2.45, 2.75) is 57.8 Å². The first kappa shape index (κ1) is 27.1. The first-order valence-corrected chi connectivity index (χ1v) is 13.5. The van der Waals surface area contributed by atoms with Gasteiger partial charge in [-0.15, -0.1) is 0 Å². The van der Waals surface area contributed by atoms with Crippen molar-refractivity contribution in [1.29, 1.82) is 0 Å². The normalized spacial score (nSPS) is 12.3. The summed E-state index contributed by atoms with van der Waals surface area (Å²) in [6.45, 7) is 9.58. The second-order valence-corrected chi connectivity index (χ2v) is 11.5. The molecule has 0 bridgehead atoms. The van der Waals surface area contributed by atoms with Gasteiger partial charge in [-0.1, -0.05) is 87.0 Å². The third-order valence-electron chi connectivity index (χ3n) is 6.16. The number of para-hydroxylation sites is 1. The van der Waals surface area contributed by atoms with E-state index in [0.29, 0.717) is 18.5 Å². The van der Waals surface area contributed by atoms with Gasteiger partial charge >= 0.3 is 0 Å². The summed E-state index contributed by atoms with van der Waals surface area (Å²) >= 11 is 0. The molecule has 1 N–H and O–H groups in total. The average Bonchev–Trinajstić information content (AvgIpc) is 2.86. The smallest absolute Gasteiger partial charge is 0.264 e. The average molecular weight is 506 g/mol. The number of hydrogen-bond donors (Lipinski definition) is 1. The van der Waals surface area contributed by atoms with Gasteiger partial charge in [0.2, 0.25) is 0 Å². The van der Waals surface area contributed by atoms with Gasteiger partial charge in [-0.05, 0) is 61.4 Å². The highest BCUT2D eigenvalue weighted by molar-refractivity contribution is 7.92. The zero-order valence-corrected chi connectivity index (χ0v) is 22.5. The Kier molecular flexibility index (Phi) is 8.69. The minimum atomic E-state index is -3.98. The molecule has 0 aliphatic rings. The van der Waals surface area contributed by atoms with Crippen LogP contribution >= 0.6 is 0 Å². The molecule has 0 unspecified atom stereocenters. The van der Waals surface area contributed by atoms with Crippen molar-refractivity contribution < 1.29 is 13.2 Å². The van der Waals surface area contributed by atoms with Crippen LogP contribution in [0.15, 0.2) is 88.9 Å². The van der Waals surface area contributed by atoms with Crippen LogP contribution in [0.4, 0.5) is 5.69 Å². The Morgan fingerprint density at radius 3 is 2.19 bits per heavy atom. The Balaban J connectivity index is 1.84. The number of amides is 1. The van der Waals surface area contributed by atoms with E-state index in [-0.39, 0.29) is 16.9 Å². The van der Waals surface area contributed by atoms with E-state index in [1.54, 1.807) is 36.4 Å². The largest absolute Gasteiger partial charge is 0.271 e. The Morgan fingerprint density at radius 1 is 0.944 bits per heavy atom. The fraction of sp³-hybridized carbons (Fsp3) is 0.310. The molecule has 0 spiro atoms. The van der Waals surface area contributed by atoms with Crippen molar-refractivity contribution in [1.82, 2.24) is 5.43 Å². The summed E-state index contributed by atoms with van der Waals surface area (Å²) in [6.07, 6.45) is 1.27. The summed E-state index contributed by atoms with van der Waals surface area (Å²) in [4.78, 5) is 13.1. The molecule has 3 rings (SSSR count). The van der Waals surface area contributed by atoms with E-state index in [4.69, 9.17) is 0 Å². The van der Waals surface area contributed by atoms with E-state index in [9.17, 15) is 13.2 Å². The molecule has 0 saturated carbocycles. The number of carbonyl (C=O) groups excluding carboxylic acids is 1. The first-order valence-electron chi connectivity index (χ1n) is 12.1. The van der Waals surface area contributed by atoms with E-state index in [2.05, 4.69) is 36.5 Å². The highest BCUT2D eigenvalue weighted by Crippen LogP contribution is 2.28. The fourth-order valence-electron chi connectivity index (χ4n) is 4.18. The summed E-state index contributed by atoms with van der Waals surface area (Å²) in [7, 11) is -3.98. The number of aryl methyl sites for hydroxylation is 2. The number of benzene rings is 3. The summed E-state index contributed by atoms with van der Waals surface area (Å²) in [6, 6.07) is 24.0. The predicted molar refractivity (Wildman–Crippen MR) is 147 cm³/mol. The molecule has 6 nitrogen and oxygen atoms in total. The van der Waals surface area contributed by atoms with Crippen LogP contribution in [0, 0.1) is 6.92 Å². The molecule has 0 fully saturated rings. The highest BCUT2D eigenvalue weighted by Gasteiger charge is 2.28. The third kappa shape index (κ3) is 6.61. The maximum absolute atomic E-state index is 13.6. The predicted octanol–water partition coefficient (Wildman–Crippen LogP) is 5.61. The maximum Gasteiger partial charge on any atom is 0.264 e. The van der Waals surface area contributed by atoms with Crippen molar-refractivity contribution in [2.24, 2.45) is 5.10 Å². The summed E-state index contributed by atoms with van der Waals surface area (Å²) < 4.78 is 28.5. The van der Waals surface area contributed by atoms with Crippen LogP contribution in [-0.2, 0) is 26.7 Å². The molecular weight excluding hydrogens is 470 g/mol. The van der Waals surface area contributed by atoms with E-state index < -0.39 is 15.9 Å². The topological polar surface area (TPSA) is 78.8 Å². The highest BCUT2D eigenvalue weighted by atomic mass is 32.2. The molecule has 0 heterocycles. The molecule has 3 aromatic rings. The van der Waals surface area contributed by atoms with Gasteiger partial charge in [-0.3, -0.25) is 9.10 Å². The van der Waals surface area contributed by atoms with Crippen LogP contribution in [0.1, 0.15) is 50.8 Å². The second-order valence-electron chi connectivity index (χ2n) is 9.62. The molecule has 0 aromatic heterocycles. The lowest BCUT2D eigenvalue weighted by molar-refractivity contribution is -0.119. The molecule has 7 heteroatoms. The van der Waals surface area contributed by atoms with Gasteiger partial charge in [0.15, 0.2) is 0 Å². The van der Waals surface area contributed by atoms with Gasteiger partial charge in [0.05, 0.1) is 10.6 Å². The van der Waals surface area contributed by atoms with Gasteiger partial charge in [0, 0.05) is 5.71 Å². The molecule has 0 radical (unpaired) electrons. The lowest BCUT2D eigenvalue weighted by Crippen LogP contribution is -2.40. The minimum absolute atomic E-state index is 0.135. The third-order valence-corrected chi connectivity index (χ3v) is 7.94. The molecular formula is C29H35N3O3S. The quantitative estimate of drug-likeness (QED) is 0.287. The number of carbonyl (C=O) groups is 1. The van der Waals surface area contributed by atoms with Crippen molar-refractivity contribution >= 4 is 27.3 Å². The number of hydrazone groups is 1. The van der Waals surface area contributed by atoms with Gasteiger partial charge in [-0.25, -0.2) is 13.8 Å². The molecule has 0 atom stereocenters. The number of rotatable bonds is 10. The van der Waals surface area contributed by atoms with Crippen molar-refractivity contribution in [2.75, 3.05) is 10.8 Å². The van der Waals surface area contributed by atoms with Crippen LogP contribution in [0.5, 0.6) is 0 Å². The SMILES string of the molecule is CCc1ccccc1N(CC(=O)NN=C(C)CC(C)(C)c1ccccc1)S(=O)(=O)c1ccc(C)cc1. The van der Waals surface area contributed by atoms with E-state index >= 15 is 0 Å². The lowest BCUT2D eigenvalue weighted by atomic mass is 9.80. The molecule has 190 valence electrons. The van der Waals surface area contributed by atoms with E-state index in [1.807, 2.05) is 51.1 Å². The Hall–Kier alpha value is -3.45. The standard InChI is InChI=1S/C29H35N3O3S/c1-6-24-12-10-11-15-27(24)32(36(34,35)26-18-16-22(2)17-19-26)21-28(33)31-30-23(3)20-29(4,5)25-13-8-7-9-14-25/h7-19H,6,20-21H2,1-5H3,(H,31,33). The Bertz CT molecular complexity index is 1320. The van der Waals surface area contributed by atoms with Gasteiger partial charge in [-0.2, -0.15) is 5.10 Å². The van der Waals surface area contributed by atoms with Crippen LogP contribution < -0.4 is 9.73 Å². The van der Waals surface area contributed by atoms with Gasteiger partial charge in [0.1, 0.15) is 6.54 Å². The molecule has 0 saturated heterocycles. The van der Waals surface area contributed by atoms with Crippen LogP contribution in [0.3, 0.4) is 0 Å². The number of nitrogens with zero attached hydrogens (tertiary/aromatic N) is 2. The maximum atomic E-state index is 13.6. The minimum Gasteiger partial charge on any atom is -0.271 e. The van der Waals surface area contributed by atoms with Crippen molar-refractivity contribution in [3.8, 4) is 0 Å². The number of nitrogens with one attached hydrogen (secondary N) is 1. The summed E-state index contributed by atoms with van der Waals surface area (Å²) in [5.74, 6) is -0.506. The molecule has 36 heavy (non-hydrogen) atoms. The van der Waals surface area contributed by atoms with Gasteiger partial charge < -0.3 is 0 Å². The lowest BCUT2D eigenvalue weighted by Gasteiger charge is -2.26. The second kappa shape index (κ2) is 11.5. The van der Waals surface area contributed by atoms with Crippen LogP contribution in [0.25, 0.3) is 0 Å². The fourth-order valence-corrected chi connectivity index (χ4v) is 5.64. The van der Waals surface area contributed by atoms with Crippen molar-refractivity contribution in [3.63, 3.8) is 0 Å². The van der Waals surface area contributed by atoms with Gasteiger partial charge in [0.25, 0.3) is 15.9 Å².